The van der Waals surface area contributed by atoms with Gasteiger partial charge in [-0.05, 0) is 19.4 Å². The van der Waals surface area contributed by atoms with E-state index >= 15 is 0 Å². The number of rotatable bonds is 4. The van der Waals surface area contributed by atoms with Gasteiger partial charge >= 0.3 is 0 Å². The van der Waals surface area contributed by atoms with Crippen molar-refractivity contribution in [2.75, 3.05) is 13.2 Å². The maximum absolute atomic E-state index is 5.69. The number of hydrogen-bond donors (Lipinski definition) is 1. The average molecular weight is 235 g/mol. The van der Waals surface area contributed by atoms with Gasteiger partial charge in [0.15, 0.2) is 5.75 Å². The minimum Gasteiger partial charge on any atom is -0.489 e. The molecule has 0 aromatic carbocycles. The van der Waals surface area contributed by atoms with E-state index in [0.29, 0.717) is 18.6 Å². The highest BCUT2D eigenvalue weighted by Crippen LogP contribution is 2.13. The van der Waals surface area contributed by atoms with Crippen molar-refractivity contribution >= 4 is 0 Å². The molecule has 1 aliphatic rings. The molecule has 1 aromatic heterocycles. The molecule has 0 radical (unpaired) electrons. The van der Waals surface area contributed by atoms with Crippen LogP contribution in [0.2, 0.25) is 0 Å². The third-order valence-electron chi connectivity index (χ3n) is 3.03. The summed E-state index contributed by atoms with van der Waals surface area (Å²) in [5.41, 5.74) is 0. The van der Waals surface area contributed by atoms with Crippen LogP contribution >= 0.6 is 0 Å². The molecule has 4 heteroatoms. The van der Waals surface area contributed by atoms with Crippen molar-refractivity contribution in [3.05, 3.63) is 18.2 Å². The van der Waals surface area contributed by atoms with Gasteiger partial charge in [0.25, 0.3) is 0 Å². The van der Waals surface area contributed by atoms with Gasteiger partial charge in [-0.3, -0.25) is 0 Å². The van der Waals surface area contributed by atoms with Gasteiger partial charge in [-0.2, -0.15) is 0 Å². The van der Waals surface area contributed by atoms with E-state index in [9.17, 15) is 0 Å². The predicted octanol–water partition coefficient (Wildman–Crippen LogP) is 2.12. The van der Waals surface area contributed by atoms with Gasteiger partial charge < -0.3 is 10.1 Å². The zero-order chi connectivity index (χ0) is 12.1. The molecule has 1 atom stereocenters. The van der Waals surface area contributed by atoms with Crippen molar-refractivity contribution in [1.29, 1.82) is 0 Å². The highest BCUT2D eigenvalue weighted by Gasteiger charge is 2.13. The minimum absolute atomic E-state index is 0.365. The van der Waals surface area contributed by atoms with E-state index in [2.05, 4.69) is 29.1 Å². The second-order valence-corrected chi connectivity index (χ2v) is 4.89. The monoisotopic (exact) mass is 235 g/mol. The maximum Gasteiger partial charge on any atom is 0.155 e. The van der Waals surface area contributed by atoms with Crippen molar-refractivity contribution < 1.29 is 4.74 Å². The summed E-state index contributed by atoms with van der Waals surface area (Å²) >= 11 is 0. The fraction of sp³-hybridized carbons (Fsp3) is 0.692. The van der Waals surface area contributed by atoms with Gasteiger partial charge in [-0.15, -0.1) is 0 Å². The van der Waals surface area contributed by atoms with Gasteiger partial charge in [0.05, 0.1) is 12.4 Å². The first-order valence-electron chi connectivity index (χ1n) is 6.44. The number of nitrogens with zero attached hydrogens (tertiary/aromatic N) is 2. The Labute approximate surface area is 103 Å². The third-order valence-corrected chi connectivity index (χ3v) is 3.03. The first kappa shape index (κ1) is 12.3. The van der Waals surface area contributed by atoms with E-state index in [1.54, 1.807) is 12.4 Å². The molecule has 2 rings (SSSR count). The summed E-state index contributed by atoms with van der Waals surface area (Å²) in [6, 6.07) is 0.480. The van der Waals surface area contributed by atoms with Crippen LogP contribution in [0.5, 0.6) is 5.75 Å². The molecule has 1 saturated heterocycles. The van der Waals surface area contributed by atoms with E-state index in [4.69, 9.17) is 4.74 Å². The Kier molecular flexibility index (Phi) is 4.31. The Bertz CT molecular complexity index is 331. The summed E-state index contributed by atoms with van der Waals surface area (Å²) in [6.07, 6.45) is 7.31. The summed E-state index contributed by atoms with van der Waals surface area (Å²) in [4.78, 5) is 8.57. The number of hydrogen-bond acceptors (Lipinski definition) is 4. The number of piperidine rings is 1. The molecule has 1 aromatic rings. The molecular weight excluding hydrogens is 214 g/mol. The lowest BCUT2D eigenvalue weighted by molar-refractivity contribution is 0.237. The summed E-state index contributed by atoms with van der Waals surface area (Å²) in [6.45, 7) is 5.99. The highest BCUT2D eigenvalue weighted by molar-refractivity contribution is 5.13. The first-order chi connectivity index (χ1) is 8.25. The molecule has 1 unspecified atom stereocenters. The van der Waals surface area contributed by atoms with E-state index in [-0.39, 0.29) is 0 Å². The largest absolute Gasteiger partial charge is 0.489 e. The molecule has 0 saturated carbocycles. The molecule has 1 fully saturated rings. The molecule has 1 aliphatic heterocycles. The third kappa shape index (κ3) is 3.66. The lowest BCUT2D eigenvalue weighted by atomic mass is 10.1. The van der Waals surface area contributed by atoms with Crippen molar-refractivity contribution in [2.24, 2.45) is 0 Å². The van der Waals surface area contributed by atoms with Gasteiger partial charge in [0, 0.05) is 12.0 Å². The molecule has 0 spiro atoms. The van der Waals surface area contributed by atoms with Gasteiger partial charge in [-0.1, -0.05) is 20.3 Å². The second kappa shape index (κ2) is 5.96. The highest BCUT2D eigenvalue weighted by atomic mass is 16.5. The van der Waals surface area contributed by atoms with Crippen molar-refractivity contribution in [2.45, 2.75) is 45.1 Å². The standard InChI is InChI=1S/C13H21N3O/c1-10(2)13-15-7-12(8-16-13)17-9-11-5-3-4-6-14-11/h7-8,10-11,14H,3-6,9H2,1-2H3. The van der Waals surface area contributed by atoms with Crippen LogP contribution in [-0.2, 0) is 0 Å². The van der Waals surface area contributed by atoms with Crippen LogP contribution in [0, 0.1) is 0 Å². The Morgan fingerprint density at radius 1 is 1.35 bits per heavy atom. The quantitative estimate of drug-likeness (QED) is 0.868. The average Bonchev–Trinajstić information content (AvgIpc) is 2.38. The normalized spacial score (nSPS) is 20.5. The maximum atomic E-state index is 5.69. The number of ether oxygens (including phenoxy) is 1. The lowest BCUT2D eigenvalue weighted by Crippen LogP contribution is -2.38. The Morgan fingerprint density at radius 2 is 2.12 bits per heavy atom. The Balaban J connectivity index is 1.82. The van der Waals surface area contributed by atoms with Crippen LogP contribution in [0.15, 0.2) is 12.4 Å². The van der Waals surface area contributed by atoms with Crippen molar-refractivity contribution in [1.82, 2.24) is 15.3 Å². The smallest absolute Gasteiger partial charge is 0.155 e. The minimum atomic E-state index is 0.365. The fourth-order valence-corrected chi connectivity index (χ4v) is 1.96. The van der Waals surface area contributed by atoms with Crippen LogP contribution in [-0.4, -0.2) is 29.2 Å². The topological polar surface area (TPSA) is 47.0 Å². The molecule has 2 heterocycles. The van der Waals surface area contributed by atoms with E-state index in [1.165, 1.54) is 19.3 Å². The molecule has 4 nitrogen and oxygen atoms in total. The first-order valence-corrected chi connectivity index (χ1v) is 6.44. The number of nitrogens with one attached hydrogen (secondary N) is 1. The SMILES string of the molecule is CC(C)c1ncc(OCC2CCCCN2)cn1. The van der Waals surface area contributed by atoms with Gasteiger partial charge in [0.1, 0.15) is 12.4 Å². The van der Waals surface area contributed by atoms with E-state index < -0.39 is 0 Å². The summed E-state index contributed by atoms with van der Waals surface area (Å²) < 4.78 is 5.69. The van der Waals surface area contributed by atoms with Crippen LogP contribution in [0.4, 0.5) is 0 Å². The molecule has 0 amide bonds. The Morgan fingerprint density at radius 3 is 2.71 bits per heavy atom. The van der Waals surface area contributed by atoms with Gasteiger partial charge in [-0.25, -0.2) is 9.97 Å². The Hall–Kier alpha value is -1.16. The fourth-order valence-electron chi connectivity index (χ4n) is 1.96. The summed E-state index contributed by atoms with van der Waals surface area (Å²) in [7, 11) is 0. The zero-order valence-electron chi connectivity index (χ0n) is 10.6. The van der Waals surface area contributed by atoms with Crippen molar-refractivity contribution in [3.63, 3.8) is 0 Å². The zero-order valence-corrected chi connectivity index (χ0v) is 10.6. The van der Waals surface area contributed by atoms with Gasteiger partial charge in [0.2, 0.25) is 0 Å². The molecule has 0 bridgehead atoms. The van der Waals surface area contributed by atoms with Crippen LogP contribution in [0.25, 0.3) is 0 Å². The van der Waals surface area contributed by atoms with Crippen LogP contribution in [0.3, 0.4) is 0 Å². The van der Waals surface area contributed by atoms with Crippen LogP contribution in [0.1, 0.15) is 44.9 Å². The van der Waals surface area contributed by atoms with E-state index in [0.717, 1.165) is 18.1 Å². The predicted molar refractivity (Wildman–Crippen MR) is 67.3 cm³/mol. The van der Waals surface area contributed by atoms with E-state index in [1.807, 2.05) is 0 Å². The summed E-state index contributed by atoms with van der Waals surface area (Å²) in [5, 5.41) is 3.45. The molecule has 1 N–H and O–H groups in total. The second-order valence-electron chi connectivity index (χ2n) is 4.89. The molecule has 0 aliphatic carbocycles. The molecule has 17 heavy (non-hydrogen) atoms. The molecular formula is C13H21N3O. The summed E-state index contributed by atoms with van der Waals surface area (Å²) in [5.74, 6) is 2.00. The lowest BCUT2D eigenvalue weighted by Gasteiger charge is -2.23. The number of aromatic nitrogens is 2. The molecule has 94 valence electrons. The van der Waals surface area contributed by atoms with Crippen LogP contribution < -0.4 is 10.1 Å². The van der Waals surface area contributed by atoms with Crippen molar-refractivity contribution in [3.8, 4) is 5.75 Å².